The van der Waals surface area contributed by atoms with E-state index >= 15 is 0 Å². The molecule has 0 amide bonds. The molecule has 1 aromatic rings. The van der Waals surface area contributed by atoms with Gasteiger partial charge in [0.05, 0.1) is 5.41 Å². The van der Waals surface area contributed by atoms with Gasteiger partial charge in [-0.05, 0) is 50.8 Å². The first-order chi connectivity index (χ1) is 8.31. The average molecular weight is 247 g/mol. The molecule has 3 nitrogen and oxygen atoms in total. The number of carbonyl (C=O) groups is 1. The smallest absolute Gasteiger partial charge is 0.309 e. The highest BCUT2D eigenvalue weighted by atomic mass is 16.4. The molecule has 3 heteroatoms. The second-order valence-electron chi connectivity index (χ2n) is 5.99. The van der Waals surface area contributed by atoms with Gasteiger partial charge in [-0.1, -0.05) is 12.1 Å². The van der Waals surface area contributed by atoms with Crippen molar-refractivity contribution < 1.29 is 9.90 Å². The second kappa shape index (κ2) is 4.30. The minimum atomic E-state index is -0.746. The minimum Gasteiger partial charge on any atom is -0.481 e. The molecule has 1 atom stereocenters. The van der Waals surface area contributed by atoms with E-state index in [9.17, 15) is 9.90 Å². The number of likely N-dealkylation sites (N-methyl/N-ethyl adjacent to an activating group) is 1. The van der Waals surface area contributed by atoms with E-state index in [-0.39, 0.29) is 0 Å². The summed E-state index contributed by atoms with van der Waals surface area (Å²) in [6.07, 6.45) is 1.65. The highest BCUT2D eigenvalue weighted by molar-refractivity contribution is 5.74. The van der Waals surface area contributed by atoms with Gasteiger partial charge in [-0.15, -0.1) is 0 Å². The summed E-state index contributed by atoms with van der Waals surface area (Å²) in [5.41, 5.74) is 3.00. The standard InChI is InChI=1S/C15H21NO2/c1-10-7-12-6-5-11(8-13(12)16(10)4)9-15(2,3)14(17)18/h5-6,8,10H,7,9H2,1-4H3,(H,17,18). The van der Waals surface area contributed by atoms with Gasteiger partial charge in [-0.25, -0.2) is 0 Å². The van der Waals surface area contributed by atoms with Crippen LogP contribution in [0, 0.1) is 5.41 Å². The zero-order valence-electron chi connectivity index (χ0n) is 11.5. The summed E-state index contributed by atoms with van der Waals surface area (Å²) < 4.78 is 0. The summed E-state index contributed by atoms with van der Waals surface area (Å²) in [5.74, 6) is -0.746. The van der Waals surface area contributed by atoms with Crippen LogP contribution >= 0.6 is 0 Å². The molecule has 98 valence electrons. The number of benzene rings is 1. The van der Waals surface area contributed by atoms with Crippen LogP contribution in [0.3, 0.4) is 0 Å². The maximum atomic E-state index is 11.2. The molecule has 0 aliphatic carbocycles. The first-order valence-electron chi connectivity index (χ1n) is 6.39. The molecular formula is C15H21NO2. The van der Waals surface area contributed by atoms with Crippen molar-refractivity contribution >= 4 is 11.7 Å². The van der Waals surface area contributed by atoms with Crippen LogP contribution < -0.4 is 4.90 Å². The molecule has 2 rings (SSSR count). The minimum absolute atomic E-state index is 0.530. The highest BCUT2D eigenvalue weighted by Crippen LogP contribution is 2.33. The lowest BCUT2D eigenvalue weighted by molar-refractivity contribution is -0.146. The zero-order valence-corrected chi connectivity index (χ0v) is 11.5. The quantitative estimate of drug-likeness (QED) is 0.892. The maximum Gasteiger partial charge on any atom is 0.309 e. The number of hydrogen-bond donors (Lipinski definition) is 1. The molecule has 0 saturated carbocycles. The van der Waals surface area contributed by atoms with Crippen molar-refractivity contribution in [2.45, 2.75) is 39.7 Å². The van der Waals surface area contributed by atoms with Gasteiger partial charge in [0.2, 0.25) is 0 Å². The summed E-state index contributed by atoms with van der Waals surface area (Å²) in [4.78, 5) is 13.4. The molecule has 0 saturated heterocycles. The summed E-state index contributed by atoms with van der Waals surface area (Å²) >= 11 is 0. The van der Waals surface area contributed by atoms with Gasteiger partial charge in [0.25, 0.3) is 0 Å². The Morgan fingerprint density at radius 2 is 2.17 bits per heavy atom. The van der Waals surface area contributed by atoms with Crippen LogP contribution in [-0.4, -0.2) is 24.2 Å². The lowest BCUT2D eigenvalue weighted by Crippen LogP contribution is -2.26. The fourth-order valence-electron chi connectivity index (χ4n) is 2.50. The predicted octanol–water partition coefficient (Wildman–Crippen LogP) is 2.72. The Morgan fingerprint density at radius 3 is 2.78 bits per heavy atom. The average Bonchev–Trinajstić information content (AvgIpc) is 2.55. The van der Waals surface area contributed by atoms with E-state index in [0.29, 0.717) is 12.5 Å². The number of hydrogen-bond acceptors (Lipinski definition) is 2. The third-order valence-corrected chi connectivity index (χ3v) is 3.93. The number of rotatable bonds is 3. The molecule has 0 aromatic heterocycles. The summed E-state index contributed by atoms with van der Waals surface area (Å²) in [6, 6.07) is 6.88. The van der Waals surface area contributed by atoms with E-state index in [1.165, 1.54) is 11.3 Å². The van der Waals surface area contributed by atoms with Crippen molar-refractivity contribution in [1.82, 2.24) is 0 Å². The molecule has 1 aliphatic heterocycles. The number of carboxylic acids is 1. The van der Waals surface area contributed by atoms with Gasteiger partial charge in [0.15, 0.2) is 0 Å². The number of carboxylic acid groups (broad SMARTS) is 1. The van der Waals surface area contributed by atoms with Crippen LogP contribution in [0.5, 0.6) is 0 Å². The normalized spacial score (nSPS) is 18.9. The third kappa shape index (κ3) is 2.22. The highest BCUT2D eigenvalue weighted by Gasteiger charge is 2.29. The van der Waals surface area contributed by atoms with Crippen LogP contribution in [-0.2, 0) is 17.6 Å². The van der Waals surface area contributed by atoms with Crippen molar-refractivity contribution in [1.29, 1.82) is 0 Å². The van der Waals surface area contributed by atoms with E-state index in [0.717, 1.165) is 12.0 Å². The van der Waals surface area contributed by atoms with E-state index in [4.69, 9.17) is 0 Å². The Labute approximate surface area is 108 Å². The molecular weight excluding hydrogens is 226 g/mol. The molecule has 18 heavy (non-hydrogen) atoms. The van der Waals surface area contributed by atoms with Crippen molar-refractivity contribution in [2.75, 3.05) is 11.9 Å². The molecule has 0 bridgehead atoms. The van der Waals surface area contributed by atoms with E-state index in [1.807, 2.05) is 0 Å². The van der Waals surface area contributed by atoms with E-state index in [2.05, 4.69) is 37.1 Å². The topological polar surface area (TPSA) is 40.5 Å². The van der Waals surface area contributed by atoms with Gasteiger partial charge in [0.1, 0.15) is 0 Å². The summed E-state index contributed by atoms with van der Waals surface area (Å²) in [7, 11) is 2.10. The molecule has 1 N–H and O–H groups in total. The van der Waals surface area contributed by atoms with Gasteiger partial charge in [0, 0.05) is 18.8 Å². The maximum absolute atomic E-state index is 11.2. The third-order valence-electron chi connectivity index (χ3n) is 3.93. The second-order valence-corrected chi connectivity index (χ2v) is 5.99. The summed E-state index contributed by atoms with van der Waals surface area (Å²) in [6.45, 7) is 5.75. The number of aliphatic carboxylic acids is 1. The van der Waals surface area contributed by atoms with Crippen LogP contribution in [0.4, 0.5) is 5.69 Å². The van der Waals surface area contributed by atoms with E-state index < -0.39 is 11.4 Å². The molecule has 0 fully saturated rings. The van der Waals surface area contributed by atoms with Crippen molar-refractivity contribution in [3.63, 3.8) is 0 Å². The Hall–Kier alpha value is -1.51. The monoisotopic (exact) mass is 247 g/mol. The SMILES string of the molecule is CC1Cc2ccc(CC(C)(C)C(=O)O)cc2N1C. The fourth-order valence-corrected chi connectivity index (χ4v) is 2.50. The lowest BCUT2D eigenvalue weighted by atomic mass is 9.85. The van der Waals surface area contributed by atoms with Crippen LogP contribution in [0.2, 0.25) is 0 Å². The van der Waals surface area contributed by atoms with Gasteiger partial charge >= 0.3 is 5.97 Å². The number of anilines is 1. The van der Waals surface area contributed by atoms with Crippen LogP contribution in [0.1, 0.15) is 31.9 Å². The van der Waals surface area contributed by atoms with Crippen LogP contribution in [0.25, 0.3) is 0 Å². The number of fused-ring (bicyclic) bond motifs is 1. The van der Waals surface area contributed by atoms with Crippen LogP contribution in [0.15, 0.2) is 18.2 Å². The van der Waals surface area contributed by atoms with E-state index in [1.54, 1.807) is 13.8 Å². The largest absolute Gasteiger partial charge is 0.481 e. The summed E-state index contributed by atoms with van der Waals surface area (Å²) in [5, 5.41) is 9.18. The van der Waals surface area contributed by atoms with Gasteiger partial charge in [-0.2, -0.15) is 0 Å². The molecule has 1 unspecified atom stereocenters. The Balaban J connectivity index is 2.26. The Morgan fingerprint density at radius 1 is 1.50 bits per heavy atom. The fraction of sp³-hybridized carbons (Fsp3) is 0.533. The predicted molar refractivity (Wildman–Crippen MR) is 73.1 cm³/mol. The first-order valence-corrected chi connectivity index (χ1v) is 6.39. The van der Waals surface area contributed by atoms with Gasteiger partial charge < -0.3 is 10.0 Å². The van der Waals surface area contributed by atoms with Crippen molar-refractivity contribution in [2.24, 2.45) is 5.41 Å². The molecule has 0 radical (unpaired) electrons. The Kier molecular flexibility index (Phi) is 3.09. The molecule has 1 aliphatic rings. The van der Waals surface area contributed by atoms with Gasteiger partial charge in [-0.3, -0.25) is 4.79 Å². The van der Waals surface area contributed by atoms with Crippen molar-refractivity contribution in [3.05, 3.63) is 29.3 Å². The molecule has 0 spiro atoms. The lowest BCUT2D eigenvalue weighted by Gasteiger charge is -2.21. The zero-order chi connectivity index (χ0) is 13.5. The molecule has 1 heterocycles. The molecule has 1 aromatic carbocycles. The number of nitrogens with zero attached hydrogens (tertiary/aromatic N) is 1. The Bertz CT molecular complexity index is 479. The first kappa shape index (κ1) is 12.9. The van der Waals surface area contributed by atoms with Crippen molar-refractivity contribution in [3.8, 4) is 0 Å².